The first kappa shape index (κ1) is 25.4. The minimum absolute atomic E-state index is 0.233. The van der Waals surface area contributed by atoms with Crippen molar-refractivity contribution < 1.29 is 22.4 Å². The Morgan fingerprint density at radius 2 is 1.68 bits per heavy atom. The number of nitrogens with one attached hydrogen (secondary N) is 2. The van der Waals surface area contributed by atoms with E-state index >= 15 is 0 Å². The largest absolute Gasteiger partial charge is 0.433 e. The molecule has 3 rings (SSSR count). The number of aromatic nitrogens is 1. The van der Waals surface area contributed by atoms with Crippen molar-refractivity contribution in [2.45, 2.75) is 44.9 Å². The van der Waals surface area contributed by atoms with Crippen LogP contribution in [0.4, 0.5) is 17.6 Å². The number of halogens is 4. The molecule has 3 aromatic rings. The van der Waals surface area contributed by atoms with Gasteiger partial charge in [0.15, 0.2) is 0 Å². The van der Waals surface area contributed by atoms with Crippen LogP contribution in [0, 0.1) is 19.7 Å². The molecule has 4 nitrogen and oxygen atoms in total. The van der Waals surface area contributed by atoms with E-state index < -0.39 is 17.9 Å². The number of hydrogen-bond acceptors (Lipinski definition) is 3. The predicted molar refractivity (Wildman–Crippen MR) is 123 cm³/mol. The number of carbonyl (C=O) groups excluding carboxylic acids is 1. The van der Waals surface area contributed by atoms with Gasteiger partial charge in [-0.1, -0.05) is 48.0 Å². The van der Waals surface area contributed by atoms with Gasteiger partial charge in [-0.2, -0.15) is 13.2 Å². The number of amides is 1. The average molecular weight is 474 g/mol. The van der Waals surface area contributed by atoms with E-state index in [1.54, 1.807) is 26.1 Å². The molecule has 0 aliphatic carbocycles. The van der Waals surface area contributed by atoms with Gasteiger partial charge in [-0.25, -0.2) is 4.39 Å². The van der Waals surface area contributed by atoms with Gasteiger partial charge in [-0.15, -0.1) is 0 Å². The number of aryl methyl sites for hydroxylation is 3. The van der Waals surface area contributed by atoms with Crippen LogP contribution in [-0.4, -0.2) is 17.9 Å². The average Bonchev–Trinajstić information content (AvgIpc) is 2.81. The first-order valence-corrected chi connectivity index (χ1v) is 10.9. The summed E-state index contributed by atoms with van der Waals surface area (Å²) in [5, 5.41) is 6.05. The first-order chi connectivity index (χ1) is 16.1. The Balaban J connectivity index is 1.88. The molecular weight excluding hydrogens is 446 g/mol. The summed E-state index contributed by atoms with van der Waals surface area (Å²) in [5.74, 6) is -0.570. The maximum Gasteiger partial charge on any atom is 0.433 e. The second-order valence-electron chi connectivity index (χ2n) is 8.27. The van der Waals surface area contributed by atoms with Gasteiger partial charge in [-0.05, 0) is 61.1 Å². The van der Waals surface area contributed by atoms with E-state index in [1.807, 2.05) is 31.2 Å². The van der Waals surface area contributed by atoms with Gasteiger partial charge in [0, 0.05) is 19.3 Å². The summed E-state index contributed by atoms with van der Waals surface area (Å²) in [7, 11) is 1.55. The van der Waals surface area contributed by atoms with Gasteiger partial charge in [0.1, 0.15) is 17.6 Å². The molecule has 2 aromatic carbocycles. The maximum absolute atomic E-state index is 13.9. The number of hydrogen-bond donors (Lipinski definition) is 2. The van der Waals surface area contributed by atoms with E-state index in [0.717, 1.165) is 22.8 Å². The van der Waals surface area contributed by atoms with Crippen molar-refractivity contribution in [3.8, 4) is 0 Å². The zero-order chi connectivity index (χ0) is 24.9. The summed E-state index contributed by atoms with van der Waals surface area (Å²) in [5.41, 5.74) is 2.75. The van der Waals surface area contributed by atoms with Crippen molar-refractivity contribution in [3.05, 3.63) is 100 Å². The highest BCUT2D eigenvalue weighted by atomic mass is 19.4. The number of rotatable bonds is 8. The Morgan fingerprint density at radius 1 is 1.00 bits per heavy atom. The van der Waals surface area contributed by atoms with E-state index in [4.69, 9.17) is 0 Å². The molecule has 8 heteroatoms. The molecule has 1 aromatic heterocycles. The SMILES string of the molecule is CNC(=O)[C@H](N[C@H](CCc1ccc(C(F)(F)F)nc1)c1ccc(F)c(C)c1)c1ccc(C)cc1. The normalized spacial score (nSPS) is 13.4. The number of carbonyl (C=O) groups is 1. The summed E-state index contributed by atoms with van der Waals surface area (Å²) < 4.78 is 52.4. The zero-order valence-electron chi connectivity index (χ0n) is 19.2. The van der Waals surface area contributed by atoms with E-state index in [0.29, 0.717) is 24.0 Å². The van der Waals surface area contributed by atoms with Gasteiger partial charge in [0.25, 0.3) is 0 Å². The molecule has 0 bridgehead atoms. The molecule has 2 N–H and O–H groups in total. The molecule has 0 fully saturated rings. The Hall–Kier alpha value is -3.26. The van der Waals surface area contributed by atoms with E-state index in [2.05, 4.69) is 15.6 Å². The van der Waals surface area contributed by atoms with E-state index in [1.165, 1.54) is 18.3 Å². The minimum atomic E-state index is -4.50. The molecule has 0 aliphatic rings. The molecule has 0 unspecified atom stereocenters. The molecule has 0 aliphatic heterocycles. The lowest BCUT2D eigenvalue weighted by molar-refractivity contribution is -0.141. The van der Waals surface area contributed by atoms with Crippen LogP contribution < -0.4 is 10.6 Å². The standard InChI is InChI=1S/C26H27F4N3O/c1-16-4-8-19(9-5-16)24(25(34)31-3)33-22(20-10-11-21(27)17(2)14-20)12-6-18-7-13-23(32-15-18)26(28,29)30/h4-5,7-11,13-15,22,24,33H,6,12H2,1-3H3,(H,31,34)/t22-,24-/m1/s1. The second-order valence-corrected chi connectivity index (χ2v) is 8.27. The molecule has 1 heterocycles. The molecule has 1 amide bonds. The van der Waals surface area contributed by atoms with Gasteiger partial charge >= 0.3 is 6.18 Å². The Bertz CT molecular complexity index is 1110. The molecule has 0 saturated carbocycles. The van der Waals surface area contributed by atoms with Crippen molar-refractivity contribution in [2.24, 2.45) is 0 Å². The predicted octanol–water partition coefficient (Wildman–Crippen LogP) is 5.61. The third kappa shape index (κ3) is 6.41. The lowest BCUT2D eigenvalue weighted by atomic mass is 9.95. The fourth-order valence-corrected chi connectivity index (χ4v) is 3.71. The van der Waals surface area contributed by atoms with Crippen molar-refractivity contribution in [3.63, 3.8) is 0 Å². The van der Waals surface area contributed by atoms with Crippen LogP contribution in [-0.2, 0) is 17.4 Å². The molecule has 0 saturated heterocycles. The number of pyridine rings is 1. The summed E-state index contributed by atoms with van der Waals surface area (Å²) in [6, 6.07) is 13.6. The van der Waals surface area contributed by atoms with Crippen LogP contribution in [0.5, 0.6) is 0 Å². The highest BCUT2D eigenvalue weighted by Crippen LogP contribution is 2.29. The van der Waals surface area contributed by atoms with Crippen molar-refractivity contribution in [1.29, 1.82) is 0 Å². The van der Waals surface area contributed by atoms with Gasteiger partial charge < -0.3 is 5.32 Å². The fraction of sp³-hybridized carbons (Fsp3) is 0.308. The van der Waals surface area contributed by atoms with Crippen molar-refractivity contribution in [2.75, 3.05) is 7.05 Å². The van der Waals surface area contributed by atoms with E-state index in [9.17, 15) is 22.4 Å². The summed E-state index contributed by atoms with van der Waals surface area (Å²) in [4.78, 5) is 16.3. The maximum atomic E-state index is 13.9. The minimum Gasteiger partial charge on any atom is -0.358 e. The number of benzene rings is 2. The van der Waals surface area contributed by atoms with Crippen molar-refractivity contribution in [1.82, 2.24) is 15.6 Å². The Labute approximate surface area is 196 Å². The monoisotopic (exact) mass is 473 g/mol. The zero-order valence-corrected chi connectivity index (χ0v) is 19.2. The third-order valence-electron chi connectivity index (χ3n) is 5.71. The molecule has 0 radical (unpaired) electrons. The van der Waals surface area contributed by atoms with E-state index in [-0.39, 0.29) is 17.8 Å². The molecule has 2 atom stereocenters. The summed E-state index contributed by atoms with van der Waals surface area (Å²) in [6.07, 6.45) is -2.42. The first-order valence-electron chi connectivity index (χ1n) is 10.9. The topological polar surface area (TPSA) is 54.0 Å². The fourth-order valence-electron chi connectivity index (χ4n) is 3.71. The molecule has 0 spiro atoms. The Morgan fingerprint density at radius 3 is 2.24 bits per heavy atom. The number of nitrogens with zero attached hydrogens (tertiary/aromatic N) is 1. The van der Waals surface area contributed by atoms with Crippen LogP contribution in [0.25, 0.3) is 0 Å². The smallest absolute Gasteiger partial charge is 0.358 e. The summed E-state index contributed by atoms with van der Waals surface area (Å²) in [6.45, 7) is 3.61. The number of alkyl halides is 3. The second kappa shape index (κ2) is 10.8. The highest BCUT2D eigenvalue weighted by molar-refractivity contribution is 5.83. The van der Waals surface area contributed by atoms with Crippen LogP contribution in [0.2, 0.25) is 0 Å². The van der Waals surface area contributed by atoms with Crippen LogP contribution in [0.15, 0.2) is 60.8 Å². The Kier molecular flexibility index (Phi) is 8.04. The third-order valence-corrected chi connectivity index (χ3v) is 5.71. The van der Waals surface area contributed by atoms with Gasteiger partial charge in [-0.3, -0.25) is 15.1 Å². The summed E-state index contributed by atoms with van der Waals surface area (Å²) >= 11 is 0. The van der Waals surface area contributed by atoms with Crippen LogP contribution in [0.1, 0.15) is 52.0 Å². The van der Waals surface area contributed by atoms with Gasteiger partial charge in [0.05, 0.1) is 0 Å². The number of likely N-dealkylation sites (N-methyl/N-ethyl adjacent to an activating group) is 1. The van der Waals surface area contributed by atoms with Crippen LogP contribution >= 0.6 is 0 Å². The molecule has 180 valence electrons. The lowest BCUT2D eigenvalue weighted by Gasteiger charge is -2.26. The molecular formula is C26H27F4N3O. The van der Waals surface area contributed by atoms with Crippen LogP contribution in [0.3, 0.4) is 0 Å². The highest BCUT2D eigenvalue weighted by Gasteiger charge is 2.32. The lowest BCUT2D eigenvalue weighted by Crippen LogP contribution is -2.38. The molecule has 34 heavy (non-hydrogen) atoms. The van der Waals surface area contributed by atoms with Crippen molar-refractivity contribution >= 4 is 5.91 Å². The quantitative estimate of drug-likeness (QED) is 0.419. The van der Waals surface area contributed by atoms with Gasteiger partial charge in [0.2, 0.25) is 5.91 Å².